The van der Waals surface area contributed by atoms with Gasteiger partial charge in [0.05, 0.1) is 0 Å². The van der Waals surface area contributed by atoms with E-state index in [0.29, 0.717) is 12.8 Å². The molecule has 0 heterocycles. The maximum Gasteiger partial charge on any atom is 0.240 e. The monoisotopic (exact) mass is 234 g/mol. The second-order valence-corrected chi connectivity index (χ2v) is 4.55. The number of hydrogen-bond donors (Lipinski definition) is 0. The summed E-state index contributed by atoms with van der Waals surface area (Å²) in [4.78, 5) is 23.8. The van der Waals surface area contributed by atoms with Crippen LogP contribution in [0.5, 0.6) is 0 Å². The van der Waals surface area contributed by atoms with Gasteiger partial charge in [-0.25, -0.2) is 4.39 Å². The first-order valence-corrected chi connectivity index (χ1v) is 5.97. The predicted octanol–water partition coefficient (Wildman–Crippen LogP) is 3.11. The van der Waals surface area contributed by atoms with E-state index in [2.05, 4.69) is 0 Å². The van der Waals surface area contributed by atoms with Crippen LogP contribution in [0.25, 0.3) is 0 Å². The van der Waals surface area contributed by atoms with Crippen LogP contribution in [0.1, 0.15) is 42.5 Å². The van der Waals surface area contributed by atoms with Gasteiger partial charge in [-0.3, -0.25) is 9.59 Å². The Kier molecular flexibility index (Phi) is 3.36. The Morgan fingerprint density at radius 3 is 2.18 bits per heavy atom. The minimum Gasteiger partial charge on any atom is -0.287 e. The van der Waals surface area contributed by atoms with Gasteiger partial charge in [0.15, 0.2) is 5.67 Å². The SMILES string of the molecule is O=C(C(=O)C1(F)CCCCC1)c1ccccc1. The molecule has 0 atom stereocenters. The fourth-order valence-electron chi connectivity index (χ4n) is 2.26. The van der Waals surface area contributed by atoms with E-state index in [1.165, 1.54) is 0 Å². The second kappa shape index (κ2) is 4.78. The number of Topliss-reactive ketones (excluding diaryl/α,β-unsaturated/α-hetero) is 2. The van der Waals surface area contributed by atoms with E-state index >= 15 is 0 Å². The third-order valence-corrected chi connectivity index (χ3v) is 3.30. The lowest BCUT2D eigenvalue weighted by Crippen LogP contribution is -2.40. The van der Waals surface area contributed by atoms with Gasteiger partial charge in [-0.2, -0.15) is 0 Å². The van der Waals surface area contributed by atoms with E-state index in [-0.39, 0.29) is 18.4 Å². The maximum atomic E-state index is 14.3. The van der Waals surface area contributed by atoms with E-state index in [0.717, 1.165) is 6.42 Å². The van der Waals surface area contributed by atoms with Crippen molar-refractivity contribution >= 4 is 11.6 Å². The highest BCUT2D eigenvalue weighted by molar-refractivity contribution is 6.46. The van der Waals surface area contributed by atoms with E-state index in [1.54, 1.807) is 30.3 Å². The summed E-state index contributed by atoms with van der Waals surface area (Å²) in [5.74, 6) is -1.57. The molecule has 2 rings (SSSR count). The molecule has 17 heavy (non-hydrogen) atoms. The topological polar surface area (TPSA) is 34.1 Å². The third kappa shape index (κ3) is 2.43. The molecule has 0 saturated heterocycles. The summed E-state index contributed by atoms with van der Waals surface area (Å²) >= 11 is 0. The van der Waals surface area contributed by atoms with E-state index in [9.17, 15) is 14.0 Å². The zero-order valence-corrected chi connectivity index (χ0v) is 9.62. The summed E-state index contributed by atoms with van der Waals surface area (Å²) in [6.07, 6.45) is 2.68. The molecule has 0 aliphatic heterocycles. The fraction of sp³-hybridized carbons (Fsp3) is 0.429. The normalized spacial score (nSPS) is 18.6. The minimum absolute atomic E-state index is 0.185. The van der Waals surface area contributed by atoms with Crippen molar-refractivity contribution in [1.82, 2.24) is 0 Å². The van der Waals surface area contributed by atoms with Crippen molar-refractivity contribution in [3.8, 4) is 0 Å². The lowest BCUT2D eigenvalue weighted by atomic mass is 9.81. The molecule has 1 aromatic rings. The van der Waals surface area contributed by atoms with Gasteiger partial charge in [-0.1, -0.05) is 36.8 Å². The summed E-state index contributed by atoms with van der Waals surface area (Å²) in [5.41, 5.74) is -1.65. The fourth-order valence-corrected chi connectivity index (χ4v) is 2.26. The van der Waals surface area contributed by atoms with Gasteiger partial charge >= 0.3 is 0 Å². The lowest BCUT2D eigenvalue weighted by Gasteiger charge is -2.27. The number of rotatable bonds is 3. The molecule has 0 aromatic heterocycles. The summed E-state index contributed by atoms with van der Waals surface area (Å²) in [6, 6.07) is 8.20. The highest BCUT2D eigenvalue weighted by Gasteiger charge is 2.43. The van der Waals surface area contributed by atoms with E-state index in [1.807, 2.05) is 0 Å². The minimum atomic E-state index is -1.93. The molecule has 1 saturated carbocycles. The van der Waals surface area contributed by atoms with Crippen LogP contribution in [0.2, 0.25) is 0 Å². The van der Waals surface area contributed by atoms with Crippen molar-refractivity contribution in [3.05, 3.63) is 35.9 Å². The molecule has 3 heteroatoms. The van der Waals surface area contributed by atoms with Crippen LogP contribution in [0.15, 0.2) is 30.3 Å². The Morgan fingerprint density at radius 2 is 1.59 bits per heavy atom. The highest BCUT2D eigenvalue weighted by Crippen LogP contribution is 2.33. The summed E-state index contributed by atoms with van der Waals surface area (Å²) in [6.45, 7) is 0. The molecule has 90 valence electrons. The number of ketones is 2. The quantitative estimate of drug-likeness (QED) is 0.595. The van der Waals surface area contributed by atoms with E-state index < -0.39 is 17.2 Å². The number of halogens is 1. The van der Waals surface area contributed by atoms with Crippen LogP contribution in [-0.2, 0) is 4.79 Å². The van der Waals surface area contributed by atoms with Crippen molar-refractivity contribution in [2.45, 2.75) is 37.8 Å². The first kappa shape index (κ1) is 12.0. The number of hydrogen-bond acceptors (Lipinski definition) is 2. The average molecular weight is 234 g/mol. The van der Waals surface area contributed by atoms with E-state index in [4.69, 9.17) is 0 Å². The lowest BCUT2D eigenvalue weighted by molar-refractivity contribution is -0.127. The smallest absolute Gasteiger partial charge is 0.240 e. The number of benzene rings is 1. The largest absolute Gasteiger partial charge is 0.287 e. The molecular weight excluding hydrogens is 219 g/mol. The zero-order chi connectivity index (χ0) is 12.3. The summed E-state index contributed by atoms with van der Waals surface area (Å²) in [5, 5.41) is 0. The molecule has 0 radical (unpaired) electrons. The van der Waals surface area contributed by atoms with Gasteiger partial charge < -0.3 is 0 Å². The molecule has 1 aromatic carbocycles. The van der Waals surface area contributed by atoms with Gasteiger partial charge in [0, 0.05) is 5.56 Å². The van der Waals surface area contributed by atoms with Gasteiger partial charge in [0.1, 0.15) is 0 Å². The maximum absolute atomic E-state index is 14.3. The van der Waals surface area contributed by atoms with Crippen LogP contribution in [0.4, 0.5) is 4.39 Å². The molecule has 0 amide bonds. The Labute approximate surface area is 99.8 Å². The molecule has 1 aliphatic carbocycles. The van der Waals surface area contributed by atoms with Crippen LogP contribution in [-0.4, -0.2) is 17.2 Å². The molecule has 0 bridgehead atoms. The third-order valence-electron chi connectivity index (χ3n) is 3.30. The first-order valence-electron chi connectivity index (χ1n) is 5.97. The number of alkyl halides is 1. The average Bonchev–Trinajstić information content (AvgIpc) is 2.39. The molecule has 2 nitrogen and oxygen atoms in total. The molecule has 0 spiro atoms. The summed E-state index contributed by atoms with van der Waals surface area (Å²) in [7, 11) is 0. The van der Waals surface area contributed by atoms with Crippen molar-refractivity contribution in [2.24, 2.45) is 0 Å². The van der Waals surface area contributed by atoms with Crippen LogP contribution in [0.3, 0.4) is 0 Å². The van der Waals surface area contributed by atoms with Crippen molar-refractivity contribution in [2.75, 3.05) is 0 Å². The first-order chi connectivity index (χ1) is 8.13. The van der Waals surface area contributed by atoms with Crippen molar-refractivity contribution in [1.29, 1.82) is 0 Å². The van der Waals surface area contributed by atoms with Gasteiger partial charge in [0.2, 0.25) is 11.6 Å². The van der Waals surface area contributed by atoms with Gasteiger partial charge in [-0.05, 0) is 25.7 Å². The Hall–Kier alpha value is -1.51. The number of carbonyl (C=O) groups excluding carboxylic acids is 2. The Bertz CT molecular complexity index is 419. The Balaban J connectivity index is 2.17. The summed E-state index contributed by atoms with van der Waals surface area (Å²) < 4.78 is 14.3. The highest BCUT2D eigenvalue weighted by atomic mass is 19.1. The predicted molar refractivity (Wildman–Crippen MR) is 62.7 cm³/mol. The molecular formula is C14H15FO2. The van der Waals surface area contributed by atoms with Gasteiger partial charge in [-0.15, -0.1) is 0 Å². The van der Waals surface area contributed by atoms with Gasteiger partial charge in [0.25, 0.3) is 0 Å². The van der Waals surface area contributed by atoms with Crippen LogP contribution < -0.4 is 0 Å². The molecule has 0 unspecified atom stereocenters. The van der Waals surface area contributed by atoms with Crippen LogP contribution in [0, 0.1) is 0 Å². The molecule has 1 fully saturated rings. The Morgan fingerprint density at radius 1 is 1.00 bits per heavy atom. The molecule has 1 aliphatic rings. The second-order valence-electron chi connectivity index (χ2n) is 4.55. The van der Waals surface area contributed by atoms with Crippen LogP contribution >= 0.6 is 0 Å². The number of carbonyl (C=O) groups is 2. The van der Waals surface area contributed by atoms with Crippen molar-refractivity contribution < 1.29 is 14.0 Å². The standard InChI is InChI=1S/C14H15FO2/c15-14(9-5-2-6-10-14)13(17)12(16)11-7-3-1-4-8-11/h1,3-4,7-8H,2,5-6,9-10H2. The molecule has 0 N–H and O–H groups in total. The zero-order valence-electron chi connectivity index (χ0n) is 9.62. The van der Waals surface area contributed by atoms with Crippen molar-refractivity contribution in [3.63, 3.8) is 0 Å².